The second-order valence-electron chi connectivity index (χ2n) is 5.09. The van der Waals surface area contributed by atoms with E-state index >= 15 is 0 Å². The SMILES string of the molecule is Cc1ccc(Br)cc1NCC1CCN(C)CC1. The fourth-order valence-corrected chi connectivity index (χ4v) is 2.67. The summed E-state index contributed by atoms with van der Waals surface area (Å²) < 4.78 is 1.15. The Hall–Kier alpha value is -0.540. The lowest BCUT2D eigenvalue weighted by Gasteiger charge is -2.29. The molecule has 1 saturated heterocycles. The summed E-state index contributed by atoms with van der Waals surface area (Å²) in [6, 6.07) is 6.42. The average molecular weight is 297 g/mol. The van der Waals surface area contributed by atoms with E-state index in [-0.39, 0.29) is 0 Å². The molecular formula is C14H21BrN2. The van der Waals surface area contributed by atoms with Gasteiger partial charge in [-0.15, -0.1) is 0 Å². The molecule has 0 saturated carbocycles. The predicted molar refractivity (Wildman–Crippen MR) is 77.6 cm³/mol. The third-order valence-electron chi connectivity index (χ3n) is 3.62. The lowest BCUT2D eigenvalue weighted by molar-refractivity contribution is 0.226. The molecule has 1 N–H and O–H groups in total. The summed E-state index contributed by atoms with van der Waals surface area (Å²) in [5.41, 5.74) is 2.58. The summed E-state index contributed by atoms with van der Waals surface area (Å²) >= 11 is 3.52. The Balaban J connectivity index is 1.87. The lowest BCUT2D eigenvalue weighted by atomic mass is 9.97. The molecule has 0 atom stereocenters. The Morgan fingerprint density at radius 3 is 2.76 bits per heavy atom. The maximum atomic E-state index is 3.59. The van der Waals surface area contributed by atoms with Crippen molar-refractivity contribution in [2.75, 3.05) is 32.0 Å². The fraction of sp³-hybridized carbons (Fsp3) is 0.571. The van der Waals surface area contributed by atoms with Gasteiger partial charge in [-0.3, -0.25) is 0 Å². The van der Waals surface area contributed by atoms with E-state index in [0.29, 0.717) is 0 Å². The van der Waals surface area contributed by atoms with Gasteiger partial charge in [0.2, 0.25) is 0 Å². The van der Waals surface area contributed by atoms with Gasteiger partial charge in [-0.25, -0.2) is 0 Å². The van der Waals surface area contributed by atoms with Crippen LogP contribution < -0.4 is 5.32 Å². The number of piperidine rings is 1. The van der Waals surface area contributed by atoms with Gasteiger partial charge in [0.1, 0.15) is 0 Å². The van der Waals surface area contributed by atoms with Crippen LogP contribution in [0.25, 0.3) is 0 Å². The molecule has 94 valence electrons. The van der Waals surface area contributed by atoms with Crippen LogP contribution in [0.4, 0.5) is 5.69 Å². The smallest absolute Gasteiger partial charge is 0.0381 e. The van der Waals surface area contributed by atoms with Gasteiger partial charge in [-0.05, 0) is 63.5 Å². The highest BCUT2D eigenvalue weighted by atomic mass is 79.9. The highest BCUT2D eigenvalue weighted by molar-refractivity contribution is 9.10. The third-order valence-corrected chi connectivity index (χ3v) is 4.11. The van der Waals surface area contributed by atoms with Crippen LogP contribution in [0.15, 0.2) is 22.7 Å². The van der Waals surface area contributed by atoms with Crippen LogP contribution in [0.2, 0.25) is 0 Å². The summed E-state index contributed by atoms with van der Waals surface area (Å²) in [6.07, 6.45) is 2.63. The summed E-state index contributed by atoms with van der Waals surface area (Å²) in [5.74, 6) is 0.824. The second kappa shape index (κ2) is 5.87. The molecule has 0 bridgehead atoms. The molecule has 0 spiro atoms. The molecule has 0 aliphatic carbocycles. The lowest BCUT2D eigenvalue weighted by Crippen LogP contribution is -2.33. The average Bonchev–Trinajstić information content (AvgIpc) is 2.32. The summed E-state index contributed by atoms with van der Waals surface area (Å²) in [7, 11) is 2.21. The zero-order chi connectivity index (χ0) is 12.3. The normalized spacial score (nSPS) is 18.3. The first kappa shape index (κ1) is 12.9. The van der Waals surface area contributed by atoms with Crippen molar-refractivity contribution in [3.63, 3.8) is 0 Å². The highest BCUT2D eigenvalue weighted by Gasteiger charge is 2.16. The van der Waals surface area contributed by atoms with Crippen molar-refractivity contribution in [3.8, 4) is 0 Å². The van der Waals surface area contributed by atoms with Crippen molar-refractivity contribution in [1.82, 2.24) is 4.90 Å². The molecule has 1 aliphatic heterocycles. The number of anilines is 1. The summed E-state index contributed by atoms with van der Waals surface area (Å²) in [6.45, 7) is 5.74. The Labute approximate surface area is 113 Å². The molecule has 1 aromatic carbocycles. The first-order valence-electron chi connectivity index (χ1n) is 6.33. The van der Waals surface area contributed by atoms with Gasteiger partial charge in [0, 0.05) is 16.7 Å². The number of hydrogen-bond acceptors (Lipinski definition) is 2. The van der Waals surface area contributed by atoms with Gasteiger partial charge in [-0.2, -0.15) is 0 Å². The molecule has 0 amide bonds. The predicted octanol–water partition coefficient (Wildman–Crippen LogP) is 3.51. The summed E-state index contributed by atoms with van der Waals surface area (Å²) in [4.78, 5) is 2.42. The number of nitrogens with one attached hydrogen (secondary N) is 1. The number of halogens is 1. The van der Waals surface area contributed by atoms with Gasteiger partial charge in [0.15, 0.2) is 0 Å². The standard InChI is InChI=1S/C14H21BrN2/c1-11-3-4-13(15)9-14(11)16-10-12-5-7-17(2)8-6-12/h3-4,9,12,16H,5-8,10H2,1-2H3. The Bertz CT molecular complexity index is 370. The van der Waals surface area contributed by atoms with E-state index in [1.165, 1.54) is 37.2 Å². The van der Waals surface area contributed by atoms with E-state index in [2.05, 4.69) is 58.3 Å². The van der Waals surface area contributed by atoms with Crippen molar-refractivity contribution in [2.24, 2.45) is 5.92 Å². The van der Waals surface area contributed by atoms with Crippen LogP contribution in [0.5, 0.6) is 0 Å². The van der Waals surface area contributed by atoms with Crippen LogP contribution in [0, 0.1) is 12.8 Å². The minimum Gasteiger partial charge on any atom is -0.385 e. The van der Waals surface area contributed by atoms with E-state index in [9.17, 15) is 0 Å². The van der Waals surface area contributed by atoms with E-state index in [1.54, 1.807) is 0 Å². The molecule has 3 heteroatoms. The molecule has 1 aromatic rings. The molecule has 17 heavy (non-hydrogen) atoms. The number of aryl methyl sites for hydroxylation is 1. The quantitative estimate of drug-likeness (QED) is 0.918. The number of benzene rings is 1. The molecule has 0 unspecified atom stereocenters. The van der Waals surface area contributed by atoms with Gasteiger partial charge in [0.25, 0.3) is 0 Å². The topological polar surface area (TPSA) is 15.3 Å². The van der Waals surface area contributed by atoms with Crippen LogP contribution in [0.1, 0.15) is 18.4 Å². The minimum atomic E-state index is 0.824. The Kier molecular flexibility index (Phi) is 4.46. The van der Waals surface area contributed by atoms with Crippen LogP contribution in [-0.2, 0) is 0 Å². The van der Waals surface area contributed by atoms with Crippen LogP contribution in [0.3, 0.4) is 0 Å². The van der Waals surface area contributed by atoms with Crippen molar-refractivity contribution in [1.29, 1.82) is 0 Å². The van der Waals surface area contributed by atoms with Gasteiger partial charge < -0.3 is 10.2 Å². The maximum Gasteiger partial charge on any atom is 0.0381 e. The molecule has 0 radical (unpaired) electrons. The Morgan fingerprint density at radius 2 is 2.06 bits per heavy atom. The molecule has 1 fully saturated rings. The number of hydrogen-bond donors (Lipinski definition) is 1. The molecule has 1 heterocycles. The fourth-order valence-electron chi connectivity index (χ4n) is 2.31. The van der Waals surface area contributed by atoms with Gasteiger partial charge >= 0.3 is 0 Å². The first-order valence-corrected chi connectivity index (χ1v) is 7.13. The summed E-state index contributed by atoms with van der Waals surface area (Å²) in [5, 5.41) is 3.59. The van der Waals surface area contributed by atoms with Crippen molar-refractivity contribution < 1.29 is 0 Å². The molecule has 2 nitrogen and oxygen atoms in total. The number of rotatable bonds is 3. The van der Waals surface area contributed by atoms with Gasteiger partial charge in [0.05, 0.1) is 0 Å². The number of likely N-dealkylation sites (tertiary alicyclic amines) is 1. The van der Waals surface area contributed by atoms with E-state index in [1.807, 2.05) is 0 Å². The maximum absolute atomic E-state index is 3.59. The van der Waals surface area contributed by atoms with Gasteiger partial charge in [-0.1, -0.05) is 22.0 Å². The van der Waals surface area contributed by atoms with Crippen molar-refractivity contribution >= 4 is 21.6 Å². The van der Waals surface area contributed by atoms with E-state index < -0.39 is 0 Å². The Morgan fingerprint density at radius 1 is 1.35 bits per heavy atom. The monoisotopic (exact) mass is 296 g/mol. The molecule has 0 aromatic heterocycles. The number of nitrogens with zero attached hydrogens (tertiary/aromatic N) is 1. The first-order chi connectivity index (χ1) is 8.15. The largest absolute Gasteiger partial charge is 0.385 e. The van der Waals surface area contributed by atoms with Crippen molar-refractivity contribution in [2.45, 2.75) is 19.8 Å². The zero-order valence-corrected chi connectivity index (χ0v) is 12.3. The zero-order valence-electron chi connectivity index (χ0n) is 10.7. The molecular weight excluding hydrogens is 276 g/mol. The third kappa shape index (κ3) is 3.71. The second-order valence-corrected chi connectivity index (χ2v) is 6.00. The van der Waals surface area contributed by atoms with Crippen LogP contribution >= 0.6 is 15.9 Å². The van der Waals surface area contributed by atoms with Crippen molar-refractivity contribution in [3.05, 3.63) is 28.2 Å². The molecule has 1 aliphatic rings. The van der Waals surface area contributed by atoms with E-state index in [0.717, 1.165) is 16.9 Å². The van der Waals surface area contributed by atoms with E-state index in [4.69, 9.17) is 0 Å². The minimum absolute atomic E-state index is 0.824. The highest BCUT2D eigenvalue weighted by Crippen LogP contribution is 2.22. The van der Waals surface area contributed by atoms with Crippen LogP contribution in [-0.4, -0.2) is 31.6 Å². The molecule has 2 rings (SSSR count).